The number of aliphatic carboxylic acids is 1. The first-order valence-electron chi connectivity index (χ1n) is 9.28. The number of primary amides is 1. The predicted octanol–water partition coefficient (Wildman–Crippen LogP) is -1.39. The third-order valence-electron chi connectivity index (χ3n) is 4.02. The predicted molar refractivity (Wildman–Crippen MR) is 106 cm³/mol. The topological polar surface area (TPSA) is 197 Å². The fourth-order valence-corrected chi connectivity index (χ4v) is 2.36. The number of aliphatic hydroxyl groups excluding tert-OH is 1. The average molecular weight is 438 g/mol. The van der Waals surface area contributed by atoms with Crippen molar-refractivity contribution in [1.29, 1.82) is 0 Å². The summed E-state index contributed by atoms with van der Waals surface area (Å²) in [5, 5.41) is 25.4. The molecule has 1 aromatic rings. The maximum absolute atomic E-state index is 12.4. The molecule has 0 fully saturated rings. The second-order valence-corrected chi connectivity index (χ2v) is 6.72. The van der Waals surface area contributed by atoms with Crippen LogP contribution in [-0.2, 0) is 30.5 Å². The van der Waals surface area contributed by atoms with Gasteiger partial charge in [0.05, 0.1) is 12.5 Å². The molecule has 0 bridgehead atoms. The second-order valence-electron chi connectivity index (χ2n) is 6.72. The number of rotatable bonds is 11. The number of benzene rings is 1. The van der Waals surface area contributed by atoms with Crippen molar-refractivity contribution in [3.05, 3.63) is 35.9 Å². The van der Waals surface area contributed by atoms with Crippen molar-refractivity contribution >= 4 is 29.8 Å². The summed E-state index contributed by atoms with van der Waals surface area (Å²) in [6.45, 7) is 2.44. The molecule has 0 aromatic heterocycles. The van der Waals surface area contributed by atoms with Crippen LogP contribution in [0.2, 0.25) is 0 Å². The highest BCUT2D eigenvalue weighted by Gasteiger charge is 2.30. The molecular weight excluding hydrogens is 412 g/mol. The number of hydrogen-bond acceptors (Lipinski definition) is 7. The Morgan fingerprint density at radius 2 is 1.61 bits per heavy atom. The summed E-state index contributed by atoms with van der Waals surface area (Å²) in [5.41, 5.74) is 5.65. The van der Waals surface area contributed by atoms with Gasteiger partial charge in [0, 0.05) is 0 Å². The number of ether oxygens (including phenoxy) is 1. The summed E-state index contributed by atoms with van der Waals surface area (Å²) in [7, 11) is 0. The van der Waals surface area contributed by atoms with E-state index in [2.05, 4.69) is 16.0 Å². The van der Waals surface area contributed by atoms with E-state index in [4.69, 9.17) is 15.6 Å². The van der Waals surface area contributed by atoms with Gasteiger partial charge in [-0.05, 0) is 19.4 Å². The van der Waals surface area contributed by atoms with Crippen LogP contribution in [0.4, 0.5) is 4.79 Å². The fourth-order valence-electron chi connectivity index (χ4n) is 2.36. The Kier molecular flexibility index (Phi) is 9.92. The Morgan fingerprint density at radius 1 is 1.00 bits per heavy atom. The third kappa shape index (κ3) is 9.12. The summed E-state index contributed by atoms with van der Waals surface area (Å²) in [6, 6.07) is 4.51. The van der Waals surface area contributed by atoms with Crippen LogP contribution >= 0.6 is 0 Å². The molecule has 0 spiro atoms. The summed E-state index contributed by atoms with van der Waals surface area (Å²) < 4.78 is 5.00. The monoisotopic (exact) mass is 438 g/mol. The van der Waals surface area contributed by atoms with E-state index in [0.717, 1.165) is 0 Å². The number of carbonyl (C=O) groups is 5. The molecule has 0 unspecified atom stereocenters. The van der Waals surface area contributed by atoms with Crippen LogP contribution in [0.3, 0.4) is 0 Å². The lowest BCUT2D eigenvalue weighted by molar-refractivity contribution is -0.143. The number of hydrogen-bond donors (Lipinski definition) is 6. The Hall–Kier alpha value is -3.67. The molecule has 0 heterocycles. The van der Waals surface area contributed by atoms with Gasteiger partial charge in [-0.15, -0.1) is 0 Å². The van der Waals surface area contributed by atoms with Crippen molar-refractivity contribution in [2.24, 2.45) is 5.73 Å². The number of carboxylic acid groups (broad SMARTS) is 1. The van der Waals surface area contributed by atoms with E-state index in [1.54, 1.807) is 30.3 Å². The van der Waals surface area contributed by atoms with E-state index >= 15 is 0 Å². The van der Waals surface area contributed by atoms with Gasteiger partial charge in [-0.3, -0.25) is 14.4 Å². The van der Waals surface area contributed by atoms with Crippen LogP contribution in [0.25, 0.3) is 0 Å². The van der Waals surface area contributed by atoms with Crippen LogP contribution < -0.4 is 21.7 Å². The fraction of sp³-hybridized carbons (Fsp3) is 0.421. The zero-order valence-corrected chi connectivity index (χ0v) is 17.0. The molecule has 1 rings (SSSR count). The van der Waals surface area contributed by atoms with Gasteiger partial charge < -0.3 is 36.6 Å². The van der Waals surface area contributed by atoms with Gasteiger partial charge in [0.15, 0.2) is 0 Å². The van der Waals surface area contributed by atoms with Gasteiger partial charge in [0.1, 0.15) is 24.7 Å². The minimum absolute atomic E-state index is 0.0595. The summed E-state index contributed by atoms with van der Waals surface area (Å²) in [4.78, 5) is 58.5. The number of carboxylic acids is 1. The van der Waals surface area contributed by atoms with E-state index in [-0.39, 0.29) is 6.61 Å². The maximum Gasteiger partial charge on any atom is 0.408 e. The first-order valence-corrected chi connectivity index (χ1v) is 9.28. The van der Waals surface area contributed by atoms with Gasteiger partial charge in [-0.2, -0.15) is 0 Å². The Labute approximate surface area is 178 Å². The molecule has 31 heavy (non-hydrogen) atoms. The normalized spacial score (nSPS) is 14.3. The summed E-state index contributed by atoms with van der Waals surface area (Å²) in [5.74, 6) is -4.22. The van der Waals surface area contributed by atoms with Crippen LogP contribution in [0, 0.1) is 0 Å². The van der Waals surface area contributed by atoms with Crippen molar-refractivity contribution in [2.75, 3.05) is 0 Å². The highest BCUT2D eigenvalue weighted by atomic mass is 16.5. The van der Waals surface area contributed by atoms with E-state index in [0.29, 0.717) is 5.56 Å². The van der Waals surface area contributed by atoms with Crippen LogP contribution in [0.5, 0.6) is 0 Å². The molecule has 0 aliphatic heterocycles. The van der Waals surface area contributed by atoms with Crippen molar-refractivity contribution in [3.8, 4) is 0 Å². The quantitative estimate of drug-likeness (QED) is 0.243. The van der Waals surface area contributed by atoms with E-state index in [9.17, 15) is 29.1 Å². The lowest BCUT2D eigenvalue weighted by Crippen LogP contribution is -2.57. The van der Waals surface area contributed by atoms with Crippen molar-refractivity contribution in [1.82, 2.24) is 16.0 Å². The molecule has 12 heteroatoms. The zero-order chi connectivity index (χ0) is 23.6. The molecule has 1 aromatic carbocycles. The third-order valence-corrected chi connectivity index (χ3v) is 4.02. The molecule has 0 saturated heterocycles. The Bertz CT molecular complexity index is 799. The van der Waals surface area contributed by atoms with Crippen LogP contribution in [-0.4, -0.2) is 64.2 Å². The van der Waals surface area contributed by atoms with Crippen LogP contribution in [0.1, 0.15) is 25.8 Å². The molecule has 0 aliphatic carbocycles. The lowest BCUT2D eigenvalue weighted by atomic mass is 10.1. The van der Waals surface area contributed by atoms with Gasteiger partial charge in [-0.1, -0.05) is 30.3 Å². The van der Waals surface area contributed by atoms with E-state index in [1.807, 2.05) is 0 Å². The highest BCUT2D eigenvalue weighted by molar-refractivity contribution is 5.93. The van der Waals surface area contributed by atoms with Crippen molar-refractivity contribution in [2.45, 2.75) is 51.1 Å². The molecule has 0 aliphatic rings. The standard InChI is InChI=1S/C19H26N4O8/c1-10(16(26)22-13(18(28)29)8-14(20)25)21-17(27)15(11(2)24)23-19(30)31-9-12-6-4-3-5-7-12/h3-7,10-11,13,15,24H,8-9H2,1-2H3,(H2,20,25)(H,21,27)(H,22,26)(H,23,30)(H,28,29)/t10-,11+,13-,15-/m0/s1. The minimum Gasteiger partial charge on any atom is -0.480 e. The van der Waals surface area contributed by atoms with Gasteiger partial charge in [0.2, 0.25) is 17.7 Å². The number of amides is 4. The first-order chi connectivity index (χ1) is 14.5. The van der Waals surface area contributed by atoms with Gasteiger partial charge >= 0.3 is 12.1 Å². The number of nitrogens with one attached hydrogen (secondary N) is 3. The smallest absolute Gasteiger partial charge is 0.408 e. The average Bonchev–Trinajstić information content (AvgIpc) is 2.69. The SMILES string of the molecule is C[C@H](NC(=O)[C@@H](NC(=O)OCc1ccccc1)[C@@H](C)O)C(=O)N[C@@H](CC(N)=O)C(=O)O. The Balaban J connectivity index is 2.64. The summed E-state index contributed by atoms with van der Waals surface area (Å²) >= 11 is 0. The highest BCUT2D eigenvalue weighted by Crippen LogP contribution is 2.02. The first kappa shape index (κ1) is 25.4. The molecule has 0 radical (unpaired) electrons. The zero-order valence-electron chi connectivity index (χ0n) is 17.0. The number of aliphatic hydroxyl groups is 1. The second kappa shape index (κ2) is 12.1. The molecular formula is C19H26N4O8. The minimum atomic E-state index is -1.57. The number of alkyl carbamates (subject to hydrolysis) is 1. The molecule has 7 N–H and O–H groups in total. The van der Waals surface area contributed by atoms with Crippen molar-refractivity contribution in [3.63, 3.8) is 0 Å². The number of carbonyl (C=O) groups excluding carboxylic acids is 4. The molecule has 4 amide bonds. The Morgan fingerprint density at radius 3 is 2.13 bits per heavy atom. The maximum atomic E-state index is 12.4. The van der Waals surface area contributed by atoms with Gasteiger partial charge in [-0.25, -0.2) is 9.59 Å². The largest absolute Gasteiger partial charge is 0.480 e. The van der Waals surface area contributed by atoms with E-state index in [1.165, 1.54) is 13.8 Å². The van der Waals surface area contributed by atoms with Crippen molar-refractivity contribution < 1.29 is 38.9 Å². The molecule has 0 saturated carbocycles. The summed E-state index contributed by atoms with van der Waals surface area (Å²) in [6.07, 6.45) is -2.93. The lowest BCUT2D eigenvalue weighted by Gasteiger charge is -2.23. The van der Waals surface area contributed by atoms with Gasteiger partial charge in [0.25, 0.3) is 0 Å². The van der Waals surface area contributed by atoms with E-state index < -0.39 is 60.4 Å². The molecule has 12 nitrogen and oxygen atoms in total. The molecule has 4 atom stereocenters. The van der Waals surface area contributed by atoms with Crippen LogP contribution in [0.15, 0.2) is 30.3 Å². The molecule has 170 valence electrons. The number of nitrogens with two attached hydrogens (primary N) is 1.